The molecule has 1 aromatic carbocycles. The molecular weight excluding hydrogens is 230 g/mol. The standard InChI is InChI=1S/C9H8BrN3/c1-7-4-8(2-3-9(7)10)13-6-11-5-12-13/h2-6H,1H3. The van der Waals surface area contributed by atoms with E-state index in [0.717, 1.165) is 10.2 Å². The molecule has 0 amide bonds. The molecule has 0 N–H and O–H groups in total. The van der Waals surface area contributed by atoms with Crippen LogP contribution in [0.1, 0.15) is 5.56 Å². The summed E-state index contributed by atoms with van der Waals surface area (Å²) in [6.45, 7) is 2.05. The van der Waals surface area contributed by atoms with Crippen LogP contribution < -0.4 is 0 Å². The van der Waals surface area contributed by atoms with E-state index < -0.39 is 0 Å². The van der Waals surface area contributed by atoms with Gasteiger partial charge in [0.25, 0.3) is 0 Å². The van der Waals surface area contributed by atoms with Crippen molar-refractivity contribution in [3.8, 4) is 5.69 Å². The first-order valence-corrected chi connectivity index (χ1v) is 4.68. The third-order valence-corrected chi connectivity index (χ3v) is 2.71. The molecular formula is C9H8BrN3. The van der Waals surface area contributed by atoms with E-state index in [4.69, 9.17) is 0 Å². The first kappa shape index (κ1) is 8.44. The molecule has 0 aliphatic heterocycles. The molecule has 0 saturated carbocycles. The van der Waals surface area contributed by atoms with Crippen LogP contribution in [0.3, 0.4) is 0 Å². The van der Waals surface area contributed by atoms with Crippen molar-refractivity contribution in [1.29, 1.82) is 0 Å². The molecule has 66 valence electrons. The van der Waals surface area contributed by atoms with E-state index in [2.05, 4.69) is 32.1 Å². The van der Waals surface area contributed by atoms with Gasteiger partial charge in [-0.05, 0) is 30.7 Å². The van der Waals surface area contributed by atoms with Crippen LogP contribution in [-0.2, 0) is 0 Å². The molecule has 0 spiro atoms. The molecule has 2 rings (SSSR count). The van der Waals surface area contributed by atoms with E-state index in [1.807, 2.05) is 19.1 Å². The summed E-state index contributed by atoms with van der Waals surface area (Å²) in [6.07, 6.45) is 3.21. The second-order valence-corrected chi connectivity index (χ2v) is 3.63. The summed E-state index contributed by atoms with van der Waals surface area (Å²) in [7, 11) is 0. The third-order valence-electron chi connectivity index (χ3n) is 1.82. The summed E-state index contributed by atoms with van der Waals surface area (Å²) in [6, 6.07) is 6.05. The van der Waals surface area contributed by atoms with Crippen molar-refractivity contribution in [2.75, 3.05) is 0 Å². The van der Waals surface area contributed by atoms with Crippen molar-refractivity contribution in [1.82, 2.24) is 14.8 Å². The zero-order valence-corrected chi connectivity index (χ0v) is 8.69. The Bertz CT molecular complexity index is 409. The second-order valence-electron chi connectivity index (χ2n) is 2.77. The summed E-state index contributed by atoms with van der Waals surface area (Å²) in [5.41, 5.74) is 2.21. The zero-order valence-electron chi connectivity index (χ0n) is 7.11. The molecule has 1 aromatic heterocycles. The molecule has 1 heterocycles. The van der Waals surface area contributed by atoms with Crippen molar-refractivity contribution in [3.05, 3.63) is 40.9 Å². The average molecular weight is 238 g/mol. The van der Waals surface area contributed by atoms with E-state index in [1.165, 1.54) is 11.9 Å². The third kappa shape index (κ3) is 1.62. The highest BCUT2D eigenvalue weighted by Gasteiger charge is 1.99. The largest absolute Gasteiger partial charge is 0.223 e. The van der Waals surface area contributed by atoms with Crippen molar-refractivity contribution in [2.24, 2.45) is 0 Å². The molecule has 0 unspecified atom stereocenters. The predicted octanol–water partition coefficient (Wildman–Crippen LogP) is 2.34. The van der Waals surface area contributed by atoms with Gasteiger partial charge < -0.3 is 0 Å². The van der Waals surface area contributed by atoms with E-state index in [9.17, 15) is 0 Å². The van der Waals surface area contributed by atoms with Crippen LogP contribution in [0.25, 0.3) is 5.69 Å². The van der Waals surface area contributed by atoms with Gasteiger partial charge in [-0.15, -0.1) is 0 Å². The number of aryl methyl sites for hydroxylation is 1. The maximum Gasteiger partial charge on any atom is 0.138 e. The first-order chi connectivity index (χ1) is 6.27. The van der Waals surface area contributed by atoms with Gasteiger partial charge in [0.2, 0.25) is 0 Å². The van der Waals surface area contributed by atoms with Crippen LogP contribution in [0.2, 0.25) is 0 Å². The van der Waals surface area contributed by atoms with Crippen LogP contribution in [-0.4, -0.2) is 14.8 Å². The van der Waals surface area contributed by atoms with Crippen LogP contribution in [0, 0.1) is 6.92 Å². The Kier molecular flexibility index (Phi) is 2.14. The predicted molar refractivity (Wildman–Crippen MR) is 53.8 cm³/mol. The molecule has 0 aliphatic rings. The van der Waals surface area contributed by atoms with Gasteiger partial charge in [-0.3, -0.25) is 0 Å². The van der Waals surface area contributed by atoms with Gasteiger partial charge in [0, 0.05) is 4.47 Å². The van der Waals surface area contributed by atoms with Crippen molar-refractivity contribution in [3.63, 3.8) is 0 Å². The van der Waals surface area contributed by atoms with E-state index >= 15 is 0 Å². The van der Waals surface area contributed by atoms with Crippen molar-refractivity contribution >= 4 is 15.9 Å². The van der Waals surface area contributed by atoms with Crippen molar-refractivity contribution in [2.45, 2.75) is 6.92 Å². The lowest BCUT2D eigenvalue weighted by atomic mass is 10.2. The lowest BCUT2D eigenvalue weighted by Gasteiger charge is -2.02. The zero-order chi connectivity index (χ0) is 9.26. The van der Waals surface area contributed by atoms with Crippen LogP contribution in [0.15, 0.2) is 35.3 Å². The van der Waals surface area contributed by atoms with Crippen molar-refractivity contribution < 1.29 is 0 Å². The first-order valence-electron chi connectivity index (χ1n) is 3.88. The molecule has 2 aromatic rings. The second kappa shape index (κ2) is 3.30. The van der Waals surface area contributed by atoms with Gasteiger partial charge in [-0.2, -0.15) is 5.10 Å². The molecule has 3 nitrogen and oxygen atoms in total. The summed E-state index contributed by atoms with van der Waals surface area (Å²) in [5, 5.41) is 4.05. The number of nitrogens with zero attached hydrogens (tertiary/aromatic N) is 3. The normalized spacial score (nSPS) is 10.3. The summed E-state index contributed by atoms with van der Waals surface area (Å²) >= 11 is 3.45. The van der Waals surface area contributed by atoms with Gasteiger partial charge >= 0.3 is 0 Å². The smallest absolute Gasteiger partial charge is 0.138 e. The minimum atomic E-state index is 1.03. The SMILES string of the molecule is Cc1cc(-n2cncn2)ccc1Br. The number of halogens is 1. The number of aromatic nitrogens is 3. The maximum atomic E-state index is 4.05. The van der Waals surface area contributed by atoms with Gasteiger partial charge in [0.15, 0.2) is 0 Å². The fourth-order valence-electron chi connectivity index (χ4n) is 1.11. The highest BCUT2D eigenvalue weighted by Crippen LogP contribution is 2.18. The van der Waals surface area contributed by atoms with E-state index in [1.54, 1.807) is 11.0 Å². The Morgan fingerprint density at radius 2 is 2.23 bits per heavy atom. The Morgan fingerprint density at radius 1 is 1.38 bits per heavy atom. The lowest BCUT2D eigenvalue weighted by molar-refractivity contribution is 0.877. The molecule has 0 radical (unpaired) electrons. The van der Waals surface area contributed by atoms with Gasteiger partial charge in [-0.1, -0.05) is 15.9 Å². The number of rotatable bonds is 1. The van der Waals surface area contributed by atoms with Crippen LogP contribution >= 0.6 is 15.9 Å². The number of benzene rings is 1. The molecule has 0 saturated heterocycles. The fraction of sp³-hybridized carbons (Fsp3) is 0.111. The van der Waals surface area contributed by atoms with Gasteiger partial charge in [-0.25, -0.2) is 9.67 Å². The summed E-state index contributed by atoms with van der Waals surface area (Å²) in [4.78, 5) is 3.89. The highest BCUT2D eigenvalue weighted by molar-refractivity contribution is 9.10. The topological polar surface area (TPSA) is 30.7 Å². The van der Waals surface area contributed by atoms with Crippen LogP contribution in [0.5, 0.6) is 0 Å². The maximum absolute atomic E-state index is 4.05. The minimum absolute atomic E-state index is 1.03. The molecule has 0 aliphatic carbocycles. The Morgan fingerprint density at radius 3 is 2.85 bits per heavy atom. The van der Waals surface area contributed by atoms with E-state index in [0.29, 0.717) is 0 Å². The van der Waals surface area contributed by atoms with Gasteiger partial charge in [0.1, 0.15) is 12.7 Å². The fourth-order valence-corrected chi connectivity index (χ4v) is 1.36. The molecule has 13 heavy (non-hydrogen) atoms. The number of hydrogen-bond donors (Lipinski definition) is 0. The van der Waals surface area contributed by atoms with Gasteiger partial charge in [0.05, 0.1) is 5.69 Å². The highest BCUT2D eigenvalue weighted by atomic mass is 79.9. The van der Waals surface area contributed by atoms with Crippen LogP contribution in [0.4, 0.5) is 0 Å². The number of hydrogen-bond acceptors (Lipinski definition) is 2. The summed E-state index contributed by atoms with van der Waals surface area (Å²) < 4.78 is 2.84. The molecule has 0 fully saturated rings. The minimum Gasteiger partial charge on any atom is -0.223 e. The monoisotopic (exact) mass is 237 g/mol. The Balaban J connectivity index is 2.49. The lowest BCUT2D eigenvalue weighted by Crippen LogP contribution is -1.94. The molecule has 0 bridgehead atoms. The summed E-state index contributed by atoms with van der Waals surface area (Å²) in [5.74, 6) is 0. The molecule has 0 atom stereocenters. The van der Waals surface area contributed by atoms with E-state index in [-0.39, 0.29) is 0 Å². The molecule has 4 heteroatoms. The Hall–Kier alpha value is -1.16. The Labute approximate surface area is 84.5 Å². The quantitative estimate of drug-likeness (QED) is 0.763. The average Bonchev–Trinajstić information content (AvgIpc) is 2.62.